The van der Waals surface area contributed by atoms with E-state index in [0.29, 0.717) is 27.1 Å². The molecule has 0 spiro atoms. The highest BCUT2D eigenvalue weighted by molar-refractivity contribution is 6.34. The summed E-state index contributed by atoms with van der Waals surface area (Å²) >= 11 is 11.9. The van der Waals surface area contributed by atoms with Crippen LogP contribution in [0.15, 0.2) is 36.5 Å². The second-order valence-corrected chi connectivity index (χ2v) is 5.51. The van der Waals surface area contributed by atoms with Gasteiger partial charge in [0, 0.05) is 17.3 Å². The zero-order valence-corrected chi connectivity index (χ0v) is 13.2. The molecule has 0 aliphatic carbocycles. The molecule has 3 aromatic rings. The number of benzene rings is 1. The van der Waals surface area contributed by atoms with Gasteiger partial charge in [0.2, 0.25) is 11.7 Å². The maximum atomic E-state index is 11.1. The highest BCUT2D eigenvalue weighted by Gasteiger charge is 2.10. The molecule has 1 aromatic carbocycles. The highest BCUT2D eigenvalue weighted by Crippen LogP contribution is 2.19. The van der Waals surface area contributed by atoms with Gasteiger partial charge in [0.25, 0.3) is 0 Å². The average Bonchev–Trinajstić information content (AvgIpc) is 2.99. The van der Waals surface area contributed by atoms with Crippen molar-refractivity contribution in [2.75, 3.05) is 0 Å². The molecule has 0 atom stereocenters. The van der Waals surface area contributed by atoms with E-state index in [4.69, 9.17) is 28.9 Å². The number of hydrogen-bond acceptors (Lipinski definition) is 5. The monoisotopic (exact) mass is 348 g/mol. The minimum atomic E-state index is -0.489. The van der Waals surface area contributed by atoms with Crippen LogP contribution >= 0.6 is 23.2 Å². The minimum Gasteiger partial charge on any atom is -0.366 e. The van der Waals surface area contributed by atoms with Crippen molar-refractivity contribution in [2.45, 2.75) is 6.54 Å². The number of nitrogens with two attached hydrogens (primary N) is 1. The number of carbonyl (C=O) groups excluding carboxylic acids is 1. The molecule has 0 radical (unpaired) electrons. The maximum Gasteiger partial charge on any atom is 0.248 e. The van der Waals surface area contributed by atoms with Gasteiger partial charge in [-0.3, -0.25) is 9.78 Å². The van der Waals surface area contributed by atoms with Crippen LogP contribution in [0, 0.1) is 0 Å². The van der Waals surface area contributed by atoms with Gasteiger partial charge in [0.05, 0.1) is 15.7 Å². The standard InChI is InChI=1S/C14H10Cl2N6O/c15-10-5-11(16)12(18-6-10)7-22-20-14(19-21-22)9-3-1-8(2-4-9)13(17)23/h1-6H,7H2,(H2,17,23). The highest BCUT2D eigenvalue weighted by atomic mass is 35.5. The molecular formula is C14H10Cl2N6O. The van der Waals surface area contributed by atoms with Crippen molar-refractivity contribution in [2.24, 2.45) is 5.73 Å². The zero-order chi connectivity index (χ0) is 16.4. The average molecular weight is 349 g/mol. The van der Waals surface area contributed by atoms with Gasteiger partial charge in [0.1, 0.15) is 6.54 Å². The molecule has 0 bridgehead atoms. The third kappa shape index (κ3) is 3.46. The van der Waals surface area contributed by atoms with E-state index >= 15 is 0 Å². The van der Waals surface area contributed by atoms with Crippen LogP contribution in [0.25, 0.3) is 11.4 Å². The zero-order valence-electron chi connectivity index (χ0n) is 11.6. The predicted molar refractivity (Wildman–Crippen MR) is 85.1 cm³/mol. The number of tetrazole rings is 1. The number of nitrogens with zero attached hydrogens (tertiary/aromatic N) is 5. The molecule has 0 aliphatic heterocycles. The normalized spacial score (nSPS) is 10.7. The first-order valence-electron chi connectivity index (χ1n) is 6.51. The molecular weight excluding hydrogens is 339 g/mol. The van der Waals surface area contributed by atoms with Crippen LogP contribution in [0.1, 0.15) is 16.1 Å². The number of carbonyl (C=O) groups is 1. The topological polar surface area (TPSA) is 99.6 Å². The van der Waals surface area contributed by atoms with Gasteiger partial charge < -0.3 is 5.73 Å². The molecule has 1 amide bonds. The molecule has 3 rings (SSSR count). The number of hydrogen-bond donors (Lipinski definition) is 1. The van der Waals surface area contributed by atoms with E-state index in [-0.39, 0.29) is 6.54 Å². The third-order valence-electron chi connectivity index (χ3n) is 3.06. The summed E-state index contributed by atoms with van der Waals surface area (Å²) in [5, 5.41) is 13.1. The van der Waals surface area contributed by atoms with Crippen molar-refractivity contribution in [1.82, 2.24) is 25.2 Å². The summed E-state index contributed by atoms with van der Waals surface area (Å²) in [5.74, 6) is -0.0669. The Bertz CT molecular complexity index is 862. The summed E-state index contributed by atoms with van der Waals surface area (Å²) < 4.78 is 0. The van der Waals surface area contributed by atoms with Crippen molar-refractivity contribution in [3.63, 3.8) is 0 Å². The first-order chi connectivity index (χ1) is 11.0. The molecule has 0 saturated carbocycles. The smallest absolute Gasteiger partial charge is 0.248 e. The summed E-state index contributed by atoms with van der Waals surface area (Å²) in [6.45, 7) is 0.266. The van der Waals surface area contributed by atoms with Crippen LogP contribution in [-0.4, -0.2) is 31.1 Å². The maximum absolute atomic E-state index is 11.1. The van der Waals surface area contributed by atoms with E-state index in [1.165, 1.54) is 11.0 Å². The van der Waals surface area contributed by atoms with Gasteiger partial charge in [-0.25, -0.2) is 0 Å². The lowest BCUT2D eigenvalue weighted by Gasteiger charge is -2.02. The van der Waals surface area contributed by atoms with Crippen molar-refractivity contribution >= 4 is 29.1 Å². The Morgan fingerprint density at radius 1 is 1.22 bits per heavy atom. The summed E-state index contributed by atoms with van der Waals surface area (Å²) in [5.41, 5.74) is 6.92. The van der Waals surface area contributed by atoms with Crippen molar-refractivity contribution < 1.29 is 4.79 Å². The molecule has 0 aliphatic rings. The van der Waals surface area contributed by atoms with Crippen LogP contribution in [0.5, 0.6) is 0 Å². The van der Waals surface area contributed by atoms with Gasteiger partial charge in [0.15, 0.2) is 0 Å². The molecule has 9 heteroatoms. The lowest BCUT2D eigenvalue weighted by molar-refractivity contribution is 0.100. The number of halogens is 2. The number of aromatic nitrogens is 5. The fourth-order valence-corrected chi connectivity index (χ4v) is 2.34. The lowest BCUT2D eigenvalue weighted by Crippen LogP contribution is -2.10. The Balaban J connectivity index is 1.81. The summed E-state index contributed by atoms with van der Waals surface area (Å²) in [4.78, 5) is 16.6. The van der Waals surface area contributed by atoms with Crippen LogP contribution in [0.2, 0.25) is 10.0 Å². The molecule has 116 valence electrons. The van der Waals surface area contributed by atoms with E-state index in [2.05, 4.69) is 20.4 Å². The van der Waals surface area contributed by atoms with Gasteiger partial charge in [-0.15, -0.1) is 10.2 Å². The minimum absolute atomic E-state index is 0.266. The van der Waals surface area contributed by atoms with Crippen LogP contribution in [0.3, 0.4) is 0 Å². The second kappa shape index (κ2) is 6.31. The van der Waals surface area contributed by atoms with E-state index < -0.39 is 5.91 Å². The molecule has 0 fully saturated rings. The quantitative estimate of drug-likeness (QED) is 0.778. The number of primary amides is 1. The Kier molecular flexibility index (Phi) is 4.22. The van der Waals surface area contributed by atoms with Gasteiger partial charge in [-0.05, 0) is 23.4 Å². The number of rotatable bonds is 4. The Morgan fingerprint density at radius 3 is 2.61 bits per heavy atom. The lowest BCUT2D eigenvalue weighted by atomic mass is 10.1. The summed E-state index contributed by atoms with van der Waals surface area (Å²) in [7, 11) is 0. The molecule has 0 saturated heterocycles. The van der Waals surface area contributed by atoms with Crippen LogP contribution < -0.4 is 5.73 Å². The van der Waals surface area contributed by atoms with Crippen LogP contribution in [-0.2, 0) is 6.54 Å². The van der Waals surface area contributed by atoms with Gasteiger partial charge >= 0.3 is 0 Å². The van der Waals surface area contributed by atoms with Crippen LogP contribution in [0.4, 0.5) is 0 Å². The van der Waals surface area contributed by atoms with Crippen molar-refractivity contribution in [3.05, 3.63) is 57.8 Å². The van der Waals surface area contributed by atoms with E-state index in [0.717, 1.165) is 5.56 Å². The van der Waals surface area contributed by atoms with E-state index in [1.54, 1.807) is 30.3 Å². The van der Waals surface area contributed by atoms with E-state index in [9.17, 15) is 4.79 Å². The Morgan fingerprint density at radius 2 is 1.96 bits per heavy atom. The number of pyridine rings is 1. The van der Waals surface area contributed by atoms with Crippen molar-refractivity contribution in [3.8, 4) is 11.4 Å². The summed E-state index contributed by atoms with van der Waals surface area (Å²) in [6.07, 6.45) is 1.50. The Labute approximate surface area is 141 Å². The van der Waals surface area contributed by atoms with Crippen molar-refractivity contribution in [1.29, 1.82) is 0 Å². The predicted octanol–water partition coefficient (Wildman–Crippen LogP) is 2.19. The van der Waals surface area contributed by atoms with Gasteiger partial charge in [-0.1, -0.05) is 35.3 Å². The SMILES string of the molecule is NC(=O)c1ccc(-c2nnn(Cc3ncc(Cl)cc3Cl)n2)cc1. The Hall–Kier alpha value is -2.51. The second-order valence-electron chi connectivity index (χ2n) is 4.67. The third-order valence-corrected chi connectivity index (χ3v) is 3.59. The molecule has 2 heterocycles. The fourth-order valence-electron chi connectivity index (χ4n) is 1.90. The molecule has 7 nitrogen and oxygen atoms in total. The molecule has 23 heavy (non-hydrogen) atoms. The molecule has 0 unspecified atom stereocenters. The number of amides is 1. The molecule has 2 N–H and O–H groups in total. The van der Waals surface area contributed by atoms with E-state index in [1.807, 2.05) is 0 Å². The summed E-state index contributed by atoms with van der Waals surface area (Å²) in [6, 6.07) is 8.22. The first-order valence-corrected chi connectivity index (χ1v) is 7.26. The largest absolute Gasteiger partial charge is 0.366 e. The van der Waals surface area contributed by atoms with Gasteiger partial charge in [-0.2, -0.15) is 4.80 Å². The first kappa shape index (κ1) is 15.4. The molecule has 2 aromatic heterocycles. The fraction of sp³-hybridized carbons (Fsp3) is 0.0714.